The van der Waals surface area contributed by atoms with Crippen LogP contribution in [0.25, 0.3) is 0 Å². The number of rotatable bonds is 7. The van der Waals surface area contributed by atoms with E-state index in [1.54, 1.807) is 0 Å². The minimum atomic E-state index is -1.20. The second-order valence-corrected chi connectivity index (χ2v) is 4.05. The summed E-state index contributed by atoms with van der Waals surface area (Å²) in [4.78, 5) is 22.6. The summed E-state index contributed by atoms with van der Waals surface area (Å²) in [7, 11) is 2.73. The van der Waals surface area contributed by atoms with Crippen molar-refractivity contribution < 1.29 is 28.6 Å². The number of benzene rings is 1. The highest BCUT2D eigenvalue weighted by Crippen LogP contribution is 2.19. The number of carboxylic acid groups (broad SMARTS) is 1. The number of aliphatic carboxylic acids is 1. The van der Waals surface area contributed by atoms with Gasteiger partial charge in [0.25, 0.3) is 0 Å². The first-order chi connectivity index (χ1) is 9.47. The Bertz CT molecular complexity index is 492. The highest BCUT2D eigenvalue weighted by molar-refractivity contribution is 5.85. The fraction of sp³-hybridized carbons (Fsp3) is 0.385. The van der Waals surface area contributed by atoms with E-state index in [9.17, 15) is 14.0 Å². The molecule has 0 aliphatic carbocycles. The molecule has 110 valence electrons. The van der Waals surface area contributed by atoms with Gasteiger partial charge in [-0.1, -0.05) is 0 Å². The number of ether oxygens (including phenoxy) is 2. The van der Waals surface area contributed by atoms with Gasteiger partial charge in [0.2, 0.25) is 5.91 Å². The van der Waals surface area contributed by atoms with Crippen molar-refractivity contribution >= 4 is 11.9 Å². The Morgan fingerprint density at radius 3 is 2.65 bits per heavy atom. The minimum Gasteiger partial charge on any atom is -0.496 e. The van der Waals surface area contributed by atoms with Crippen LogP contribution in [0.4, 0.5) is 4.39 Å². The molecular formula is C13H16FNO5. The molecule has 0 radical (unpaired) electrons. The van der Waals surface area contributed by atoms with Crippen LogP contribution in [0, 0.1) is 5.82 Å². The van der Waals surface area contributed by atoms with Crippen LogP contribution >= 0.6 is 0 Å². The Labute approximate surface area is 115 Å². The lowest BCUT2D eigenvalue weighted by Gasteiger charge is -2.14. The number of amides is 1. The summed E-state index contributed by atoms with van der Waals surface area (Å²) < 4.78 is 22.9. The molecule has 0 saturated heterocycles. The van der Waals surface area contributed by atoms with Gasteiger partial charge < -0.3 is 19.9 Å². The molecule has 0 spiro atoms. The van der Waals surface area contributed by atoms with Crippen LogP contribution in [0.5, 0.6) is 5.75 Å². The molecule has 1 unspecified atom stereocenters. The molecule has 6 nitrogen and oxygen atoms in total. The fourth-order valence-corrected chi connectivity index (χ4v) is 1.65. The van der Waals surface area contributed by atoms with Gasteiger partial charge in [-0.25, -0.2) is 9.18 Å². The summed E-state index contributed by atoms with van der Waals surface area (Å²) in [6.45, 7) is -0.151. The Kier molecular flexibility index (Phi) is 5.92. The zero-order valence-corrected chi connectivity index (χ0v) is 11.2. The van der Waals surface area contributed by atoms with E-state index in [0.717, 1.165) is 0 Å². The van der Waals surface area contributed by atoms with Gasteiger partial charge in [0.15, 0.2) is 6.04 Å². The van der Waals surface area contributed by atoms with Crippen molar-refractivity contribution in [1.82, 2.24) is 5.32 Å². The Hall–Kier alpha value is -2.15. The van der Waals surface area contributed by atoms with E-state index < -0.39 is 23.7 Å². The zero-order valence-electron chi connectivity index (χ0n) is 11.2. The van der Waals surface area contributed by atoms with E-state index in [-0.39, 0.29) is 13.0 Å². The number of hydrogen-bond donors (Lipinski definition) is 2. The number of carbonyl (C=O) groups is 2. The maximum atomic E-state index is 13.1. The lowest BCUT2D eigenvalue weighted by Crippen LogP contribution is -2.44. The summed E-state index contributed by atoms with van der Waals surface area (Å²) in [5.41, 5.74) is 0.339. The molecule has 0 fully saturated rings. The Balaban J connectivity index is 2.75. The van der Waals surface area contributed by atoms with Crippen LogP contribution in [-0.2, 0) is 20.7 Å². The molecule has 0 saturated carbocycles. The number of halogens is 1. The van der Waals surface area contributed by atoms with E-state index in [1.807, 2.05) is 0 Å². The first-order valence-electron chi connectivity index (χ1n) is 5.81. The standard InChI is InChI=1S/C13H16FNO5/c1-19-7-10(13(17)18)15-12(16)6-8-5-9(14)3-4-11(8)20-2/h3-5,10H,6-7H2,1-2H3,(H,15,16)(H,17,18). The highest BCUT2D eigenvalue weighted by atomic mass is 19.1. The van der Waals surface area contributed by atoms with E-state index in [2.05, 4.69) is 5.32 Å². The van der Waals surface area contributed by atoms with Gasteiger partial charge in [0.1, 0.15) is 11.6 Å². The predicted molar refractivity (Wildman–Crippen MR) is 68.1 cm³/mol. The third kappa shape index (κ3) is 4.51. The van der Waals surface area contributed by atoms with Crippen molar-refractivity contribution in [1.29, 1.82) is 0 Å². The first-order valence-corrected chi connectivity index (χ1v) is 5.81. The van der Waals surface area contributed by atoms with E-state index >= 15 is 0 Å². The molecule has 1 atom stereocenters. The third-order valence-corrected chi connectivity index (χ3v) is 2.56. The Morgan fingerprint density at radius 2 is 2.10 bits per heavy atom. The highest BCUT2D eigenvalue weighted by Gasteiger charge is 2.20. The molecule has 2 N–H and O–H groups in total. The number of nitrogens with one attached hydrogen (secondary N) is 1. The Morgan fingerprint density at radius 1 is 1.40 bits per heavy atom. The van der Waals surface area contributed by atoms with E-state index in [0.29, 0.717) is 11.3 Å². The second kappa shape index (κ2) is 7.44. The third-order valence-electron chi connectivity index (χ3n) is 2.56. The number of hydrogen-bond acceptors (Lipinski definition) is 4. The zero-order chi connectivity index (χ0) is 15.1. The quantitative estimate of drug-likeness (QED) is 0.766. The van der Waals surface area contributed by atoms with Crippen LogP contribution in [0.1, 0.15) is 5.56 Å². The van der Waals surface area contributed by atoms with Crippen LogP contribution in [-0.4, -0.2) is 43.9 Å². The van der Waals surface area contributed by atoms with Gasteiger partial charge in [0, 0.05) is 12.7 Å². The normalized spacial score (nSPS) is 11.8. The van der Waals surface area contributed by atoms with Crippen molar-refractivity contribution in [3.05, 3.63) is 29.6 Å². The molecule has 7 heteroatoms. The van der Waals surface area contributed by atoms with Crippen LogP contribution in [0.15, 0.2) is 18.2 Å². The van der Waals surface area contributed by atoms with Crippen molar-refractivity contribution in [2.45, 2.75) is 12.5 Å². The fourth-order valence-electron chi connectivity index (χ4n) is 1.65. The molecule has 0 bridgehead atoms. The maximum absolute atomic E-state index is 13.1. The molecule has 0 aromatic heterocycles. The average Bonchev–Trinajstić information content (AvgIpc) is 2.38. The van der Waals surface area contributed by atoms with Crippen LogP contribution < -0.4 is 10.1 Å². The van der Waals surface area contributed by atoms with Gasteiger partial charge in [-0.15, -0.1) is 0 Å². The molecular weight excluding hydrogens is 269 g/mol. The summed E-state index contributed by atoms with van der Waals surface area (Å²) >= 11 is 0. The molecule has 0 aliphatic rings. The van der Waals surface area contributed by atoms with Crippen molar-refractivity contribution in [3.8, 4) is 5.75 Å². The SMILES string of the molecule is COCC(NC(=O)Cc1cc(F)ccc1OC)C(=O)O. The van der Waals surface area contributed by atoms with Crippen LogP contribution in [0.3, 0.4) is 0 Å². The molecule has 1 aromatic rings. The molecule has 1 rings (SSSR count). The lowest BCUT2D eigenvalue weighted by atomic mass is 10.1. The number of methoxy groups -OCH3 is 2. The summed E-state index contributed by atoms with van der Waals surface area (Å²) in [6.07, 6.45) is -0.186. The van der Waals surface area contributed by atoms with Gasteiger partial charge in [-0.3, -0.25) is 4.79 Å². The van der Waals surface area contributed by atoms with Crippen molar-refractivity contribution in [2.75, 3.05) is 20.8 Å². The van der Waals surface area contributed by atoms with E-state index in [1.165, 1.54) is 32.4 Å². The minimum absolute atomic E-state index is 0.151. The molecule has 0 heterocycles. The van der Waals surface area contributed by atoms with Gasteiger partial charge in [-0.2, -0.15) is 0 Å². The first kappa shape index (κ1) is 15.9. The smallest absolute Gasteiger partial charge is 0.328 e. The van der Waals surface area contributed by atoms with Gasteiger partial charge >= 0.3 is 5.97 Å². The molecule has 20 heavy (non-hydrogen) atoms. The lowest BCUT2D eigenvalue weighted by molar-refractivity contribution is -0.143. The predicted octanol–water partition coefficient (Wildman–Crippen LogP) is 0.593. The van der Waals surface area contributed by atoms with Crippen molar-refractivity contribution in [2.24, 2.45) is 0 Å². The van der Waals surface area contributed by atoms with E-state index in [4.69, 9.17) is 14.6 Å². The average molecular weight is 285 g/mol. The second-order valence-electron chi connectivity index (χ2n) is 4.05. The number of carbonyl (C=O) groups excluding carboxylic acids is 1. The number of carboxylic acids is 1. The topological polar surface area (TPSA) is 84.9 Å². The summed E-state index contributed by atoms with van der Waals surface area (Å²) in [5, 5.41) is 11.2. The van der Waals surface area contributed by atoms with Crippen LogP contribution in [0.2, 0.25) is 0 Å². The summed E-state index contributed by atoms with van der Waals surface area (Å²) in [5.74, 6) is -1.90. The molecule has 0 aliphatic heterocycles. The largest absolute Gasteiger partial charge is 0.496 e. The van der Waals surface area contributed by atoms with Crippen molar-refractivity contribution in [3.63, 3.8) is 0 Å². The van der Waals surface area contributed by atoms with Gasteiger partial charge in [-0.05, 0) is 18.2 Å². The van der Waals surface area contributed by atoms with Gasteiger partial charge in [0.05, 0.1) is 20.1 Å². The molecule has 1 aromatic carbocycles. The molecule has 1 amide bonds. The maximum Gasteiger partial charge on any atom is 0.328 e. The summed E-state index contributed by atoms with van der Waals surface area (Å²) in [6, 6.07) is 2.64. The monoisotopic (exact) mass is 285 g/mol.